The second kappa shape index (κ2) is 7.98. The molecule has 0 radical (unpaired) electrons. The van der Waals surface area contributed by atoms with E-state index in [0.29, 0.717) is 5.69 Å². The zero-order chi connectivity index (χ0) is 17.9. The number of nitrogen functional groups attached to an aromatic ring is 1. The van der Waals surface area contributed by atoms with Gasteiger partial charge in [-0.3, -0.25) is 0 Å². The molecule has 0 saturated carbocycles. The van der Waals surface area contributed by atoms with Crippen molar-refractivity contribution in [2.24, 2.45) is 0 Å². The molecule has 4 nitrogen and oxygen atoms in total. The zero-order valence-corrected chi connectivity index (χ0v) is 15.7. The van der Waals surface area contributed by atoms with Crippen LogP contribution in [-0.2, 0) is 0 Å². The first-order valence-electron chi connectivity index (χ1n) is 8.40. The number of nitrogens with two attached hydrogens (primary N) is 1. The highest BCUT2D eigenvalue weighted by Crippen LogP contribution is 2.32. The molecule has 27 heavy (non-hydrogen) atoms. The number of hydrogen-bond acceptors (Lipinski definition) is 4. The number of halogens is 1. The van der Waals surface area contributed by atoms with Gasteiger partial charge in [0.2, 0.25) is 0 Å². The summed E-state index contributed by atoms with van der Waals surface area (Å²) in [7, 11) is 1.66. The molecule has 0 aliphatic rings. The Balaban J connectivity index is 0.00000210. The minimum absolute atomic E-state index is 0. The van der Waals surface area contributed by atoms with Gasteiger partial charge >= 0.3 is 0 Å². The monoisotopic (exact) mass is 377 g/mol. The third-order valence-electron chi connectivity index (χ3n) is 4.25. The van der Waals surface area contributed by atoms with Crippen molar-refractivity contribution in [3.63, 3.8) is 0 Å². The van der Waals surface area contributed by atoms with E-state index >= 15 is 0 Å². The molecule has 0 aliphatic carbocycles. The fourth-order valence-electron chi connectivity index (χ4n) is 2.96. The summed E-state index contributed by atoms with van der Waals surface area (Å²) in [4.78, 5) is 4.80. The lowest BCUT2D eigenvalue weighted by Crippen LogP contribution is -1.96. The Bertz CT molecular complexity index is 1070. The summed E-state index contributed by atoms with van der Waals surface area (Å²) < 4.78 is 5.32. The molecule has 4 aromatic rings. The zero-order valence-electron chi connectivity index (χ0n) is 14.8. The molecule has 0 amide bonds. The summed E-state index contributed by atoms with van der Waals surface area (Å²) in [5, 5.41) is 4.46. The topological polar surface area (TPSA) is 60.2 Å². The van der Waals surface area contributed by atoms with E-state index in [9.17, 15) is 0 Å². The molecule has 4 rings (SSSR count). The first-order valence-corrected chi connectivity index (χ1v) is 8.40. The summed E-state index contributed by atoms with van der Waals surface area (Å²) in [6.45, 7) is 0. The number of methoxy groups -OCH3 is 1. The Hall–Kier alpha value is -3.24. The van der Waals surface area contributed by atoms with Gasteiger partial charge in [0.05, 0.1) is 24.0 Å². The molecule has 0 atom stereocenters. The first-order chi connectivity index (χ1) is 12.7. The van der Waals surface area contributed by atoms with E-state index in [1.165, 1.54) is 0 Å². The van der Waals surface area contributed by atoms with Crippen LogP contribution in [0.15, 0.2) is 78.9 Å². The van der Waals surface area contributed by atoms with Gasteiger partial charge in [-0.25, -0.2) is 4.98 Å². The average molecular weight is 378 g/mol. The average Bonchev–Trinajstić information content (AvgIpc) is 2.69. The Morgan fingerprint density at radius 1 is 0.889 bits per heavy atom. The van der Waals surface area contributed by atoms with Crippen molar-refractivity contribution < 1.29 is 4.74 Å². The molecular weight excluding hydrogens is 358 g/mol. The summed E-state index contributed by atoms with van der Waals surface area (Å²) >= 11 is 0. The largest absolute Gasteiger partial charge is 0.497 e. The Kier molecular flexibility index (Phi) is 5.48. The lowest BCUT2D eigenvalue weighted by molar-refractivity contribution is 0.415. The number of anilines is 3. The Labute approximate surface area is 164 Å². The number of rotatable bonds is 4. The fourth-order valence-corrected chi connectivity index (χ4v) is 2.96. The van der Waals surface area contributed by atoms with E-state index < -0.39 is 0 Å². The molecule has 136 valence electrons. The van der Waals surface area contributed by atoms with E-state index in [1.807, 2.05) is 60.7 Å². The molecule has 3 aromatic carbocycles. The van der Waals surface area contributed by atoms with Gasteiger partial charge in [0.15, 0.2) is 0 Å². The van der Waals surface area contributed by atoms with Crippen LogP contribution in [0.1, 0.15) is 0 Å². The maximum Gasteiger partial charge on any atom is 0.120 e. The van der Waals surface area contributed by atoms with Gasteiger partial charge in [0.25, 0.3) is 0 Å². The molecule has 0 fully saturated rings. The van der Waals surface area contributed by atoms with E-state index in [0.717, 1.165) is 39.3 Å². The highest BCUT2D eigenvalue weighted by atomic mass is 35.5. The Morgan fingerprint density at radius 3 is 2.48 bits per heavy atom. The van der Waals surface area contributed by atoms with Crippen molar-refractivity contribution in [3.05, 3.63) is 78.9 Å². The van der Waals surface area contributed by atoms with Gasteiger partial charge in [0, 0.05) is 28.4 Å². The summed E-state index contributed by atoms with van der Waals surface area (Å²) in [5.41, 5.74) is 11.5. The second-order valence-corrected chi connectivity index (χ2v) is 6.05. The van der Waals surface area contributed by atoms with E-state index in [2.05, 4.69) is 23.5 Å². The maximum absolute atomic E-state index is 6.01. The van der Waals surface area contributed by atoms with Crippen molar-refractivity contribution >= 4 is 40.4 Å². The molecule has 3 N–H and O–H groups in total. The van der Waals surface area contributed by atoms with Crippen LogP contribution in [0, 0.1) is 0 Å². The molecule has 1 aromatic heterocycles. The molecule has 0 bridgehead atoms. The maximum atomic E-state index is 6.01. The third kappa shape index (κ3) is 3.96. The van der Waals surface area contributed by atoms with Crippen molar-refractivity contribution in [3.8, 4) is 17.0 Å². The number of hydrogen-bond donors (Lipinski definition) is 2. The number of benzene rings is 3. The molecule has 0 aliphatic heterocycles. The number of aromatic nitrogens is 1. The van der Waals surface area contributed by atoms with Crippen LogP contribution in [0.25, 0.3) is 22.2 Å². The smallest absolute Gasteiger partial charge is 0.120 e. The quantitative estimate of drug-likeness (QED) is 0.450. The summed E-state index contributed by atoms with van der Waals surface area (Å²) in [6, 6.07) is 25.8. The standard InChI is InChI=1S/C22H19N3O.ClH/c1-26-18-9-5-8-17(13-18)24-22-14-21(15-6-3-2-4-7-15)25-20-11-10-16(23)12-19(20)22;/h2-14H,23H2,1H3,(H,24,25);1H. The van der Waals surface area contributed by atoms with Gasteiger partial charge in [-0.05, 0) is 36.4 Å². The predicted octanol–water partition coefficient (Wildman–Crippen LogP) is 5.66. The number of ether oxygens (including phenoxy) is 1. The fraction of sp³-hybridized carbons (Fsp3) is 0.0455. The van der Waals surface area contributed by atoms with Crippen molar-refractivity contribution in [1.82, 2.24) is 4.98 Å². The lowest BCUT2D eigenvalue weighted by Gasteiger charge is -2.13. The highest BCUT2D eigenvalue weighted by molar-refractivity contribution is 5.97. The highest BCUT2D eigenvalue weighted by Gasteiger charge is 2.09. The minimum atomic E-state index is 0. The van der Waals surface area contributed by atoms with Crippen LogP contribution in [0.2, 0.25) is 0 Å². The van der Waals surface area contributed by atoms with Crippen LogP contribution in [0.3, 0.4) is 0 Å². The van der Waals surface area contributed by atoms with Gasteiger partial charge in [-0.2, -0.15) is 0 Å². The summed E-state index contributed by atoms with van der Waals surface area (Å²) in [6.07, 6.45) is 0. The molecule has 0 saturated heterocycles. The van der Waals surface area contributed by atoms with Crippen LogP contribution >= 0.6 is 12.4 Å². The van der Waals surface area contributed by atoms with E-state index in [4.69, 9.17) is 15.5 Å². The number of pyridine rings is 1. The van der Waals surface area contributed by atoms with Crippen LogP contribution < -0.4 is 15.8 Å². The van der Waals surface area contributed by atoms with E-state index in [-0.39, 0.29) is 12.4 Å². The predicted molar refractivity (Wildman–Crippen MR) is 115 cm³/mol. The molecule has 1 heterocycles. The minimum Gasteiger partial charge on any atom is -0.497 e. The van der Waals surface area contributed by atoms with Gasteiger partial charge < -0.3 is 15.8 Å². The molecular formula is C22H20ClN3O. The van der Waals surface area contributed by atoms with Crippen molar-refractivity contribution in [2.75, 3.05) is 18.2 Å². The molecule has 0 unspecified atom stereocenters. The van der Waals surface area contributed by atoms with Crippen molar-refractivity contribution in [2.45, 2.75) is 0 Å². The summed E-state index contributed by atoms with van der Waals surface area (Å²) in [5.74, 6) is 0.802. The van der Waals surface area contributed by atoms with E-state index in [1.54, 1.807) is 7.11 Å². The normalized spacial score (nSPS) is 10.3. The lowest BCUT2D eigenvalue weighted by atomic mass is 10.1. The van der Waals surface area contributed by atoms with Crippen LogP contribution in [-0.4, -0.2) is 12.1 Å². The van der Waals surface area contributed by atoms with Crippen molar-refractivity contribution in [1.29, 1.82) is 0 Å². The number of nitrogens with zero attached hydrogens (tertiary/aromatic N) is 1. The number of fused-ring (bicyclic) bond motifs is 1. The number of nitrogens with one attached hydrogen (secondary N) is 1. The first kappa shape index (κ1) is 18.5. The van der Waals surface area contributed by atoms with Crippen LogP contribution in [0.4, 0.5) is 17.1 Å². The van der Waals surface area contributed by atoms with Gasteiger partial charge in [-0.15, -0.1) is 12.4 Å². The SMILES string of the molecule is COc1cccc(Nc2cc(-c3ccccc3)nc3ccc(N)cc23)c1.Cl. The van der Waals surface area contributed by atoms with Gasteiger partial charge in [-0.1, -0.05) is 36.4 Å². The third-order valence-corrected chi connectivity index (χ3v) is 4.25. The van der Waals surface area contributed by atoms with Crippen LogP contribution in [0.5, 0.6) is 5.75 Å². The Morgan fingerprint density at radius 2 is 1.70 bits per heavy atom. The van der Waals surface area contributed by atoms with Gasteiger partial charge in [0.1, 0.15) is 5.75 Å². The second-order valence-electron chi connectivity index (χ2n) is 6.05. The molecule has 0 spiro atoms. The molecule has 5 heteroatoms.